The number of rotatable bonds is 3. The van der Waals surface area contributed by atoms with Crippen molar-refractivity contribution in [1.82, 2.24) is 0 Å². The van der Waals surface area contributed by atoms with Crippen molar-refractivity contribution < 1.29 is 4.39 Å². The van der Waals surface area contributed by atoms with Crippen LogP contribution in [0.5, 0.6) is 0 Å². The van der Waals surface area contributed by atoms with E-state index in [1.807, 2.05) is 12.1 Å². The summed E-state index contributed by atoms with van der Waals surface area (Å²) >= 11 is 0. The van der Waals surface area contributed by atoms with E-state index in [1.165, 1.54) is 25.0 Å². The summed E-state index contributed by atoms with van der Waals surface area (Å²) < 4.78 is 12.9. The molecule has 3 heteroatoms. The normalized spacial score (nSPS) is 28.4. The van der Waals surface area contributed by atoms with Crippen LogP contribution in [0, 0.1) is 11.7 Å². The molecule has 0 amide bonds. The summed E-state index contributed by atoms with van der Waals surface area (Å²) in [6.07, 6.45) is 3.57. The van der Waals surface area contributed by atoms with Gasteiger partial charge in [0.15, 0.2) is 0 Å². The summed E-state index contributed by atoms with van der Waals surface area (Å²) in [4.78, 5) is 2.24. The van der Waals surface area contributed by atoms with E-state index in [0.717, 1.165) is 12.1 Å². The van der Waals surface area contributed by atoms with Crippen LogP contribution in [0.15, 0.2) is 24.3 Å². The molecular weight excluding hydrogens is 215 g/mol. The lowest BCUT2D eigenvalue weighted by Gasteiger charge is -2.43. The average molecular weight is 236 g/mol. The molecular formula is C14H21FN2. The van der Waals surface area contributed by atoms with Crippen molar-refractivity contribution in [3.8, 4) is 0 Å². The van der Waals surface area contributed by atoms with Gasteiger partial charge in [-0.05, 0) is 43.0 Å². The molecule has 2 atom stereocenters. The van der Waals surface area contributed by atoms with Crippen molar-refractivity contribution in [3.05, 3.63) is 30.1 Å². The highest BCUT2D eigenvalue weighted by atomic mass is 19.1. The van der Waals surface area contributed by atoms with Crippen LogP contribution in [-0.4, -0.2) is 19.1 Å². The molecule has 0 aromatic heterocycles. The van der Waals surface area contributed by atoms with Gasteiger partial charge in [-0.15, -0.1) is 0 Å². The van der Waals surface area contributed by atoms with Crippen LogP contribution in [0.2, 0.25) is 0 Å². The van der Waals surface area contributed by atoms with Crippen LogP contribution in [0.25, 0.3) is 0 Å². The predicted octanol–water partition coefficient (Wildman–Crippen LogP) is 2.78. The molecule has 1 fully saturated rings. The minimum absolute atomic E-state index is 0.0395. The summed E-state index contributed by atoms with van der Waals surface area (Å²) in [6.45, 7) is 2.92. The van der Waals surface area contributed by atoms with Crippen LogP contribution < -0.4 is 10.6 Å². The third-order valence-electron chi connectivity index (χ3n) is 4.40. The van der Waals surface area contributed by atoms with Gasteiger partial charge in [-0.2, -0.15) is 0 Å². The number of hydrogen-bond donors (Lipinski definition) is 1. The van der Waals surface area contributed by atoms with Crippen molar-refractivity contribution in [3.63, 3.8) is 0 Å². The highest BCUT2D eigenvalue weighted by molar-refractivity contribution is 5.49. The molecule has 2 N–H and O–H groups in total. The molecule has 0 radical (unpaired) electrons. The quantitative estimate of drug-likeness (QED) is 0.874. The average Bonchev–Trinajstić information content (AvgIpc) is 2.71. The largest absolute Gasteiger partial charge is 0.367 e. The van der Waals surface area contributed by atoms with E-state index in [9.17, 15) is 4.39 Å². The Balaban J connectivity index is 2.28. The van der Waals surface area contributed by atoms with Gasteiger partial charge in [0.2, 0.25) is 0 Å². The first kappa shape index (κ1) is 12.4. The number of likely N-dealkylation sites (N-methyl/N-ethyl adjacent to an activating group) is 1. The molecule has 94 valence electrons. The van der Waals surface area contributed by atoms with Crippen LogP contribution >= 0.6 is 0 Å². The zero-order valence-corrected chi connectivity index (χ0v) is 10.6. The zero-order valence-electron chi connectivity index (χ0n) is 10.6. The third kappa shape index (κ3) is 2.04. The van der Waals surface area contributed by atoms with Crippen molar-refractivity contribution in [2.45, 2.75) is 31.7 Å². The molecule has 2 rings (SSSR count). The Kier molecular flexibility index (Phi) is 3.38. The van der Waals surface area contributed by atoms with Gasteiger partial charge in [-0.1, -0.05) is 13.3 Å². The standard InChI is InChI=1S/C14H21FN2/c1-11-4-3-9-14(11,10-16)17(2)13-7-5-12(15)6-8-13/h5-8,11H,3-4,9-10,16H2,1-2H3. The molecule has 1 aliphatic carbocycles. The van der Waals surface area contributed by atoms with Crippen molar-refractivity contribution in [2.75, 3.05) is 18.5 Å². The maximum Gasteiger partial charge on any atom is 0.123 e. The van der Waals surface area contributed by atoms with E-state index < -0.39 is 0 Å². The van der Waals surface area contributed by atoms with Gasteiger partial charge in [0.05, 0.1) is 5.54 Å². The van der Waals surface area contributed by atoms with Crippen molar-refractivity contribution >= 4 is 5.69 Å². The molecule has 17 heavy (non-hydrogen) atoms. The summed E-state index contributed by atoms with van der Waals surface area (Å²) in [5.41, 5.74) is 7.10. The number of nitrogens with two attached hydrogens (primary N) is 1. The molecule has 1 aliphatic rings. The van der Waals surface area contributed by atoms with Gasteiger partial charge in [0.1, 0.15) is 5.82 Å². The Morgan fingerprint density at radius 1 is 1.41 bits per heavy atom. The van der Waals surface area contributed by atoms with Gasteiger partial charge < -0.3 is 10.6 Å². The first-order chi connectivity index (χ1) is 8.10. The first-order valence-corrected chi connectivity index (χ1v) is 6.29. The fourth-order valence-corrected chi connectivity index (χ4v) is 3.09. The van der Waals surface area contributed by atoms with Crippen LogP contribution in [0.3, 0.4) is 0 Å². The van der Waals surface area contributed by atoms with Crippen LogP contribution in [0.1, 0.15) is 26.2 Å². The number of anilines is 1. The summed E-state index contributed by atoms with van der Waals surface area (Å²) in [5.74, 6) is 0.394. The lowest BCUT2D eigenvalue weighted by atomic mass is 9.86. The minimum atomic E-state index is -0.191. The number of hydrogen-bond acceptors (Lipinski definition) is 2. The Morgan fingerprint density at radius 2 is 2.06 bits per heavy atom. The maximum absolute atomic E-state index is 12.9. The van der Waals surface area contributed by atoms with E-state index >= 15 is 0 Å². The predicted molar refractivity (Wildman–Crippen MR) is 69.6 cm³/mol. The Labute approximate surface area is 103 Å². The van der Waals surface area contributed by atoms with Gasteiger partial charge in [0, 0.05) is 19.3 Å². The summed E-state index contributed by atoms with van der Waals surface area (Å²) in [5, 5.41) is 0. The number of halogens is 1. The van der Waals surface area contributed by atoms with Gasteiger partial charge in [-0.25, -0.2) is 4.39 Å². The van der Waals surface area contributed by atoms with Crippen LogP contribution in [-0.2, 0) is 0 Å². The lowest BCUT2D eigenvalue weighted by molar-refractivity contribution is 0.331. The molecule has 0 spiro atoms. The number of benzene rings is 1. The Bertz CT molecular complexity index is 376. The zero-order chi connectivity index (χ0) is 12.5. The minimum Gasteiger partial charge on any atom is -0.367 e. The second kappa shape index (κ2) is 4.65. The highest BCUT2D eigenvalue weighted by Crippen LogP contribution is 2.40. The van der Waals surface area contributed by atoms with E-state index in [2.05, 4.69) is 18.9 Å². The smallest absolute Gasteiger partial charge is 0.123 e. The Hall–Kier alpha value is -1.09. The second-order valence-electron chi connectivity index (χ2n) is 5.14. The summed E-state index contributed by atoms with van der Waals surface area (Å²) in [6, 6.07) is 6.68. The van der Waals surface area contributed by atoms with Crippen LogP contribution in [0.4, 0.5) is 10.1 Å². The third-order valence-corrected chi connectivity index (χ3v) is 4.40. The summed E-state index contributed by atoms with van der Waals surface area (Å²) in [7, 11) is 2.07. The second-order valence-corrected chi connectivity index (χ2v) is 5.14. The molecule has 2 unspecified atom stereocenters. The fourth-order valence-electron chi connectivity index (χ4n) is 3.09. The molecule has 0 heterocycles. The van der Waals surface area contributed by atoms with Gasteiger partial charge in [0.25, 0.3) is 0 Å². The van der Waals surface area contributed by atoms with Crippen molar-refractivity contribution in [2.24, 2.45) is 11.7 Å². The highest BCUT2D eigenvalue weighted by Gasteiger charge is 2.42. The van der Waals surface area contributed by atoms with Gasteiger partial charge in [-0.3, -0.25) is 0 Å². The monoisotopic (exact) mass is 236 g/mol. The molecule has 1 aromatic rings. The van der Waals surface area contributed by atoms with E-state index in [-0.39, 0.29) is 11.4 Å². The molecule has 0 bridgehead atoms. The topological polar surface area (TPSA) is 29.3 Å². The lowest BCUT2D eigenvalue weighted by Crippen LogP contribution is -2.54. The molecule has 1 saturated carbocycles. The fraction of sp³-hybridized carbons (Fsp3) is 0.571. The van der Waals surface area contributed by atoms with E-state index in [1.54, 1.807) is 0 Å². The molecule has 0 saturated heterocycles. The first-order valence-electron chi connectivity index (χ1n) is 6.29. The molecule has 2 nitrogen and oxygen atoms in total. The molecule has 0 aliphatic heterocycles. The Morgan fingerprint density at radius 3 is 2.53 bits per heavy atom. The molecule has 1 aromatic carbocycles. The SMILES string of the molecule is CC1CCCC1(CN)N(C)c1ccc(F)cc1. The van der Waals surface area contributed by atoms with Crippen molar-refractivity contribution in [1.29, 1.82) is 0 Å². The number of nitrogens with zero attached hydrogens (tertiary/aromatic N) is 1. The van der Waals surface area contributed by atoms with E-state index in [0.29, 0.717) is 12.5 Å². The van der Waals surface area contributed by atoms with Gasteiger partial charge >= 0.3 is 0 Å². The van der Waals surface area contributed by atoms with E-state index in [4.69, 9.17) is 5.73 Å². The maximum atomic E-state index is 12.9.